The molecule has 0 saturated carbocycles. The topological polar surface area (TPSA) is 112 Å². The third kappa shape index (κ3) is 9.38. The number of benzene rings is 4. The van der Waals surface area contributed by atoms with Crippen LogP contribution in [0.4, 0.5) is 0 Å². The first kappa shape index (κ1) is 47.7. The molecule has 4 aliphatic heterocycles. The van der Waals surface area contributed by atoms with Gasteiger partial charge in [-0.2, -0.15) is 0 Å². The molecule has 0 aromatic heterocycles. The van der Waals surface area contributed by atoms with Gasteiger partial charge < -0.3 is 28.7 Å². The number of carbonyl (C=O) groups is 4. The van der Waals surface area contributed by atoms with E-state index < -0.39 is 11.4 Å². The highest BCUT2D eigenvalue weighted by Gasteiger charge is 2.59. The molecule has 4 saturated heterocycles. The summed E-state index contributed by atoms with van der Waals surface area (Å²) in [6.45, 7) is 17.4. The van der Waals surface area contributed by atoms with E-state index in [-0.39, 0.29) is 71.3 Å². The molecular weight excluding hydrogens is 829 g/mol. The Balaban J connectivity index is 0.729. The third-order valence-electron chi connectivity index (χ3n) is 15.1. The number of hydrogen-bond acceptors (Lipinski definition) is 8. The Kier molecular flexibility index (Phi) is 14.3. The lowest BCUT2D eigenvalue weighted by Gasteiger charge is -2.30. The predicted molar refractivity (Wildman–Crippen MR) is 258 cm³/mol. The van der Waals surface area contributed by atoms with Crippen LogP contribution in [0.3, 0.4) is 0 Å². The molecule has 10 heteroatoms. The summed E-state index contributed by atoms with van der Waals surface area (Å²) < 4.78 is 24.2. The van der Waals surface area contributed by atoms with Gasteiger partial charge in [0.25, 0.3) is 0 Å². The standard InChI is InChI=1S/C56H72N2O8/c1-35(2)49-51(43-33-63-55(5,6)57(43)53(49)61)41-29-31-45(39-25-21-19-23-37(39)41)65-47(59)27-17-15-13-11-9-10-12-14-16-18-28-48(60)66-46-32-30-42(38-24-20-22-26-40(38)46)52-44-34-64-56(7,8)58(44)54(62)50(52)36(3)4/h19-26,29-32,35-36,43-44,49-52H,9-18,27-28,33-34H2,1-8H3/t43-,44-,49-,50-,51-,52-/m1/s1. The van der Waals surface area contributed by atoms with Crippen LogP contribution in [0, 0.1) is 23.7 Å². The van der Waals surface area contributed by atoms with Gasteiger partial charge >= 0.3 is 11.9 Å². The van der Waals surface area contributed by atoms with Crippen LogP contribution >= 0.6 is 0 Å². The van der Waals surface area contributed by atoms with Crippen LogP contribution in [-0.4, -0.2) is 70.3 Å². The molecule has 8 rings (SSSR count). The summed E-state index contributed by atoms with van der Waals surface area (Å²) >= 11 is 0. The monoisotopic (exact) mass is 901 g/mol. The Morgan fingerprint density at radius 2 is 0.864 bits per heavy atom. The zero-order chi connectivity index (χ0) is 46.9. The van der Waals surface area contributed by atoms with Gasteiger partial charge in [-0.1, -0.05) is 140 Å². The Hall–Kier alpha value is -4.80. The molecule has 0 aliphatic carbocycles. The lowest BCUT2D eigenvalue weighted by atomic mass is 9.77. The van der Waals surface area contributed by atoms with Crippen molar-refractivity contribution in [2.45, 2.75) is 168 Å². The number of nitrogens with zero attached hydrogens (tertiary/aromatic N) is 2. The minimum Gasteiger partial charge on any atom is -0.426 e. The minimum absolute atomic E-state index is 0.0118. The van der Waals surface area contributed by atoms with Crippen molar-refractivity contribution in [3.8, 4) is 11.5 Å². The van der Waals surface area contributed by atoms with E-state index in [2.05, 4.69) is 52.0 Å². The van der Waals surface area contributed by atoms with Crippen molar-refractivity contribution in [1.29, 1.82) is 0 Å². The molecule has 4 aromatic rings. The zero-order valence-corrected chi connectivity index (χ0v) is 40.6. The zero-order valence-electron chi connectivity index (χ0n) is 40.6. The summed E-state index contributed by atoms with van der Waals surface area (Å²) in [4.78, 5) is 57.5. The summed E-state index contributed by atoms with van der Waals surface area (Å²) in [6, 6.07) is 24.0. The van der Waals surface area contributed by atoms with Crippen molar-refractivity contribution < 1.29 is 38.1 Å². The van der Waals surface area contributed by atoms with E-state index in [1.165, 1.54) is 0 Å². The fraction of sp³-hybridized carbons (Fsp3) is 0.571. The Morgan fingerprint density at radius 3 is 1.21 bits per heavy atom. The SMILES string of the molecule is CC(C)[C@H]1C(=O)N2[C@H](COC2(C)C)[C@H]1c1ccc(OC(=O)CCCCCCCCCCCCC(=O)Oc2ccc([C@H]3[C@@H](C(C)C)C(=O)N4[C@@H]3COC4(C)C)c3ccccc23)c2ccccc12. The van der Waals surface area contributed by atoms with Gasteiger partial charge in [0.05, 0.1) is 25.3 Å². The van der Waals surface area contributed by atoms with Crippen molar-refractivity contribution in [3.05, 3.63) is 83.9 Å². The van der Waals surface area contributed by atoms with Crippen molar-refractivity contribution in [2.75, 3.05) is 13.2 Å². The number of esters is 2. The summed E-state index contributed by atoms with van der Waals surface area (Å²) in [5.74, 6) is 1.07. The molecule has 0 unspecified atom stereocenters. The maximum absolute atomic E-state index is 13.7. The van der Waals surface area contributed by atoms with E-state index in [9.17, 15) is 19.2 Å². The summed E-state index contributed by atoms with van der Waals surface area (Å²) in [6.07, 6.45) is 11.1. The molecule has 2 amide bonds. The van der Waals surface area contributed by atoms with Gasteiger partial charge in [0.15, 0.2) is 0 Å². The Labute approximate surface area is 392 Å². The fourth-order valence-electron chi connectivity index (χ4n) is 12.0. The second-order valence-corrected chi connectivity index (χ2v) is 21.0. The first-order chi connectivity index (χ1) is 31.6. The Bertz CT molecular complexity index is 2250. The second-order valence-electron chi connectivity index (χ2n) is 21.0. The number of rotatable bonds is 19. The molecule has 4 aliphatic rings. The van der Waals surface area contributed by atoms with Crippen molar-refractivity contribution in [1.82, 2.24) is 9.80 Å². The molecule has 10 nitrogen and oxygen atoms in total. The number of hydrogen-bond donors (Lipinski definition) is 0. The first-order valence-corrected chi connectivity index (χ1v) is 25.0. The molecule has 354 valence electrons. The average molecular weight is 901 g/mol. The summed E-state index contributed by atoms with van der Waals surface area (Å²) in [5.41, 5.74) is 0.966. The van der Waals surface area contributed by atoms with Crippen LogP contribution in [0.15, 0.2) is 72.8 Å². The Morgan fingerprint density at radius 1 is 0.530 bits per heavy atom. The van der Waals surface area contributed by atoms with E-state index >= 15 is 0 Å². The van der Waals surface area contributed by atoms with Crippen LogP contribution in [-0.2, 0) is 28.7 Å². The van der Waals surface area contributed by atoms with Crippen LogP contribution in [0.2, 0.25) is 0 Å². The molecule has 6 atom stereocenters. The van der Waals surface area contributed by atoms with E-state index in [1.54, 1.807) is 0 Å². The number of fused-ring (bicyclic) bond motifs is 4. The number of unbranched alkanes of at least 4 members (excludes halogenated alkanes) is 9. The van der Waals surface area contributed by atoms with Gasteiger partial charge in [0, 0.05) is 47.3 Å². The smallest absolute Gasteiger partial charge is 0.311 e. The quantitative estimate of drug-likeness (QED) is 0.0520. The molecule has 0 spiro atoms. The van der Waals surface area contributed by atoms with Gasteiger partial charge in [-0.25, -0.2) is 0 Å². The molecule has 4 fully saturated rings. The molecular formula is C56H72N2O8. The van der Waals surface area contributed by atoms with Crippen LogP contribution in [0.1, 0.15) is 155 Å². The highest BCUT2D eigenvalue weighted by Crippen LogP contribution is 2.52. The van der Waals surface area contributed by atoms with Gasteiger partial charge in [-0.05, 0) is 86.4 Å². The minimum atomic E-state index is -0.628. The third-order valence-corrected chi connectivity index (χ3v) is 15.1. The van der Waals surface area contributed by atoms with Crippen LogP contribution in [0.25, 0.3) is 21.5 Å². The van der Waals surface area contributed by atoms with Gasteiger partial charge in [-0.15, -0.1) is 0 Å². The summed E-state index contributed by atoms with van der Waals surface area (Å²) in [7, 11) is 0. The van der Waals surface area contributed by atoms with Gasteiger partial charge in [-0.3, -0.25) is 19.2 Å². The largest absolute Gasteiger partial charge is 0.426 e. The lowest BCUT2D eigenvalue weighted by Crippen LogP contribution is -2.44. The maximum atomic E-state index is 13.7. The molecule has 0 N–H and O–H groups in total. The van der Waals surface area contributed by atoms with E-state index in [1.807, 2.05) is 86.0 Å². The average Bonchev–Trinajstić information content (AvgIpc) is 3.98. The van der Waals surface area contributed by atoms with Crippen molar-refractivity contribution in [2.24, 2.45) is 23.7 Å². The molecule has 4 aromatic carbocycles. The highest BCUT2D eigenvalue weighted by molar-refractivity contribution is 5.96. The van der Waals surface area contributed by atoms with Gasteiger partial charge in [0.1, 0.15) is 22.9 Å². The van der Waals surface area contributed by atoms with E-state index in [0.717, 1.165) is 96.9 Å². The van der Waals surface area contributed by atoms with Crippen molar-refractivity contribution in [3.63, 3.8) is 0 Å². The maximum Gasteiger partial charge on any atom is 0.311 e. The number of amides is 2. The van der Waals surface area contributed by atoms with Crippen LogP contribution in [0.5, 0.6) is 11.5 Å². The van der Waals surface area contributed by atoms with Gasteiger partial charge in [0.2, 0.25) is 11.8 Å². The van der Waals surface area contributed by atoms with E-state index in [4.69, 9.17) is 18.9 Å². The first-order valence-electron chi connectivity index (χ1n) is 25.0. The highest BCUT2D eigenvalue weighted by atomic mass is 16.5. The summed E-state index contributed by atoms with van der Waals surface area (Å²) in [5, 5.41) is 3.83. The normalized spacial score (nSPS) is 24.3. The predicted octanol–water partition coefficient (Wildman–Crippen LogP) is 11.9. The lowest BCUT2D eigenvalue weighted by molar-refractivity contribution is -0.147. The van der Waals surface area contributed by atoms with Crippen LogP contribution < -0.4 is 9.47 Å². The molecule has 66 heavy (non-hydrogen) atoms. The second kappa shape index (κ2) is 19.8. The molecule has 0 bridgehead atoms. The number of carbonyl (C=O) groups excluding carboxylic acids is 4. The molecule has 0 radical (unpaired) electrons. The molecule has 4 heterocycles. The fourth-order valence-corrected chi connectivity index (χ4v) is 12.0. The van der Waals surface area contributed by atoms with Crippen molar-refractivity contribution >= 4 is 45.3 Å². The number of ether oxygens (including phenoxy) is 4. The van der Waals surface area contributed by atoms with E-state index in [0.29, 0.717) is 37.6 Å².